The molecule has 1 heterocycles. The van der Waals surface area contributed by atoms with Crippen LogP contribution in [-0.4, -0.2) is 51.0 Å². The predicted molar refractivity (Wildman–Crippen MR) is 119 cm³/mol. The molecule has 2 N–H and O–H groups in total. The monoisotopic (exact) mass is 445 g/mol. The van der Waals surface area contributed by atoms with Gasteiger partial charge in [-0.25, -0.2) is 17.1 Å². The Hall–Kier alpha value is -2.42. The zero-order valence-electron chi connectivity index (χ0n) is 17.8. The fraction of sp³-hybridized carbons (Fsp3) is 0.391. The number of rotatable bonds is 9. The lowest BCUT2D eigenvalue weighted by atomic mass is 9.88. The van der Waals surface area contributed by atoms with E-state index in [4.69, 9.17) is 4.74 Å². The van der Waals surface area contributed by atoms with Gasteiger partial charge in [0.25, 0.3) is 0 Å². The van der Waals surface area contributed by atoms with Crippen molar-refractivity contribution in [3.8, 4) is 5.75 Å². The Morgan fingerprint density at radius 3 is 2.68 bits per heavy atom. The van der Waals surface area contributed by atoms with Crippen molar-refractivity contribution in [1.82, 2.24) is 14.6 Å². The van der Waals surface area contributed by atoms with Gasteiger partial charge in [0.1, 0.15) is 11.6 Å². The molecule has 0 saturated heterocycles. The summed E-state index contributed by atoms with van der Waals surface area (Å²) in [6.45, 7) is 1.23. The van der Waals surface area contributed by atoms with Crippen molar-refractivity contribution in [2.24, 2.45) is 0 Å². The van der Waals surface area contributed by atoms with E-state index in [0.29, 0.717) is 12.6 Å². The van der Waals surface area contributed by atoms with Gasteiger partial charge in [-0.15, -0.1) is 0 Å². The molecule has 166 valence electrons. The molecule has 0 radical (unpaired) electrons. The first kappa shape index (κ1) is 21.8. The Labute approximate surface area is 182 Å². The highest BCUT2D eigenvalue weighted by molar-refractivity contribution is 7.89. The van der Waals surface area contributed by atoms with Gasteiger partial charge in [-0.1, -0.05) is 0 Å². The number of nitrogens with one attached hydrogen (secondary N) is 2. The smallest absolute Gasteiger partial charge is 0.242 e. The molecule has 0 fully saturated rings. The van der Waals surface area contributed by atoms with Crippen LogP contribution in [0, 0.1) is 5.82 Å². The van der Waals surface area contributed by atoms with Crippen molar-refractivity contribution in [3.05, 3.63) is 59.5 Å². The average molecular weight is 446 g/mol. The number of benzene rings is 2. The summed E-state index contributed by atoms with van der Waals surface area (Å²) in [5.41, 5.74) is 3.69. The van der Waals surface area contributed by atoms with Crippen molar-refractivity contribution < 1.29 is 17.5 Å². The van der Waals surface area contributed by atoms with E-state index >= 15 is 0 Å². The number of H-pyrrole nitrogens is 1. The van der Waals surface area contributed by atoms with E-state index < -0.39 is 15.8 Å². The third-order valence-electron chi connectivity index (χ3n) is 5.98. The van der Waals surface area contributed by atoms with Crippen LogP contribution in [0.5, 0.6) is 5.75 Å². The van der Waals surface area contributed by atoms with Crippen LogP contribution < -0.4 is 10.1 Å². The first-order valence-corrected chi connectivity index (χ1v) is 12.0. The van der Waals surface area contributed by atoms with E-state index in [1.54, 1.807) is 14.2 Å². The van der Waals surface area contributed by atoms with Gasteiger partial charge in [0.15, 0.2) is 0 Å². The lowest BCUT2D eigenvalue weighted by molar-refractivity contribution is 0.402. The fourth-order valence-electron chi connectivity index (χ4n) is 4.31. The third-order valence-corrected chi connectivity index (χ3v) is 7.86. The summed E-state index contributed by atoms with van der Waals surface area (Å²) in [6, 6.07) is 9.33. The number of ether oxygens (including phenoxy) is 1. The van der Waals surface area contributed by atoms with Crippen molar-refractivity contribution in [2.45, 2.75) is 36.6 Å². The van der Waals surface area contributed by atoms with Gasteiger partial charge in [-0.05, 0) is 74.2 Å². The van der Waals surface area contributed by atoms with E-state index in [1.165, 1.54) is 45.1 Å². The number of sulfonamides is 1. The second-order valence-corrected chi connectivity index (χ2v) is 10.1. The molecule has 0 spiro atoms. The number of unbranched alkanes of at least 4 members (excludes halogenated alkanes) is 1. The van der Waals surface area contributed by atoms with Crippen molar-refractivity contribution in [3.63, 3.8) is 0 Å². The summed E-state index contributed by atoms with van der Waals surface area (Å²) in [7, 11) is -0.323. The third kappa shape index (κ3) is 4.46. The number of halogens is 1. The number of hydrogen-bond acceptors (Lipinski definition) is 4. The number of methoxy groups -OCH3 is 1. The van der Waals surface area contributed by atoms with Crippen LogP contribution in [-0.2, 0) is 22.9 Å². The van der Waals surface area contributed by atoms with Gasteiger partial charge in [-0.3, -0.25) is 0 Å². The predicted octanol–water partition coefficient (Wildman–Crippen LogP) is 3.47. The maximum atomic E-state index is 13.1. The van der Waals surface area contributed by atoms with Crippen LogP contribution in [0.2, 0.25) is 0 Å². The Balaban J connectivity index is 1.27. The quantitative estimate of drug-likeness (QED) is 0.495. The molecule has 1 aromatic heterocycles. The van der Waals surface area contributed by atoms with Crippen molar-refractivity contribution in [2.75, 3.05) is 27.2 Å². The van der Waals surface area contributed by atoms with E-state index in [2.05, 4.69) is 22.6 Å². The Morgan fingerprint density at radius 1 is 1.16 bits per heavy atom. The summed E-state index contributed by atoms with van der Waals surface area (Å²) < 4.78 is 45.1. The molecule has 1 aliphatic rings. The van der Waals surface area contributed by atoms with Crippen LogP contribution in [0.25, 0.3) is 10.9 Å². The van der Waals surface area contributed by atoms with Crippen molar-refractivity contribution >= 4 is 20.9 Å². The number of hydrogen-bond donors (Lipinski definition) is 2. The van der Waals surface area contributed by atoms with E-state index in [0.717, 1.165) is 43.5 Å². The Kier molecular flexibility index (Phi) is 6.31. The lowest BCUT2D eigenvalue weighted by Crippen LogP contribution is -2.36. The van der Waals surface area contributed by atoms with Gasteiger partial charge in [-0.2, -0.15) is 0 Å². The molecule has 2 aromatic carbocycles. The highest BCUT2D eigenvalue weighted by Crippen LogP contribution is 2.35. The van der Waals surface area contributed by atoms with Gasteiger partial charge in [0, 0.05) is 42.3 Å². The highest BCUT2D eigenvalue weighted by Gasteiger charge is 2.24. The van der Waals surface area contributed by atoms with Crippen LogP contribution in [0.15, 0.2) is 47.5 Å². The molecule has 1 aliphatic carbocycles. The lowest BCUT2D eigenvalue weighted by Gasteiger charge is -2.25. The first-order valence-electron chi connectivity index (χ1n) is 10.5. The molecule has 8 heteroatoms. The molecular weight excluding hydrogens is 417 g/mol. The second-order valence-electron chi connectivity index (χ2n) is 8.03. The van der Waals surface area contributed by atoms with Gasteiger partial charge in [0.05, 0.1) is 12.0 Å². The SMILES string of the molecule is COc1ccc2[nH]cc3c2c1CC(NCCCCN(C)S(=O)(=O)c1ccc(F)cc1)C3. The molecule has 1 unspecified atom stereocenters. The minimum Gasteiger partial charge on any atom is -0.496 e. The van der Waals surface area contributed by atoms with Gasteiger partial charge in [0.2, 0.25) is 10.0 Å². The largest absolute Gasteiger partial charge is 0.496 e. The minimum absolute atomic E-state index is 0.113. The molecule has 4 rings (SSSR count). The summed E-state index contributed by atoms with van der Waals surface area (Å²) in [6.07, 6.45) is 5.55. The topological polar surface area (TPSA) is 74.4 Å². The molecule has 31 heavy (non-hydrogen) atoms. The minimum atomic E-state index is -3.59. The summed E-state index contributed by atoms with van der Waals surface area (Å²) in [5, 5.41) is 4.90. The standard InChI is InChI=1S/C23H28FN3O3S/c1-27(31(28,29)19-7-5-17(24)6-8-19)12-4-3-11-25-18-13-16-15-26-21-9-10-22(30-2)20(14-18)23(16)21/h5-10,15,18,25-26H,3-4,11-14H2,1-2H3. The molecule has 0 amide bonds. The molecule has 3 aromatic rings. The fourth-order valence-corrected chi connectivity index (χ4v) is 5.52. The van der Waals surface area contributed by atoms with Gasteiger partial charge >= 0.3 is 0 Å². The summed E-state index contributed by atoms with van der Waals surface area (Å²) >= 11 is 0. The first-order chi connectivity index (χ1) is 14.9. The average Bonchev–Trinajstić information content (AvgIpc) is 3.18. The molecule has 1 atom stereocenters. The zero-order chi connectivity index (χ0) is 22.0. The molecular formula is C23H28FN3O3S. The van der Waals surface area contributed by atoms with Gasteiger partial charge < -0.3 is 15.0 Å². The van der Waals surface area contributed by atoms with Crippen LogP contribution in [0.4, 0.5) is 4.39 Å². The molecule has 6 nitrogen and oxygen atoms in total. The Bertz CT molecular complexity index is 1160. The zero-order valence-corrected chi connectivity index (χ0v) is 18.6. The van der Waals surface area contributed by atoms with Crippen LogP contribution in [0.1, 0.15) is 24.0 Å². The maximum absolute atomic E-state index is 13.1. The molecule has 0 bridgehead atoms. The van der Waals surface area contributed by atoms with Crippen LogP contribution in [0.3, 0.4) is 0 Å². The number of aromatic nitrogens is 1. The molecule has 0 saturated carbocycles. The number of nitrogens with zero attached hydrogens (tertiary/aromatic N) is 1. The highest BCUT2D eigenvalue weighted by atomic mass is 32.2. The maximum Gasteiger partial charge on any atom is 0.242 e. The van der Waals surface area contributed by atoms with E-state index in [-0.39, 0.29) is 4.90 Å². The second kappa shape index (κ2) is 8.98. The summed E-state index contributed by atoms with van der Waals surface area (Å²) in [5.74, 6) is 0.475. The van der Waals surface area contributed by atoms with Crippen molar-refractivity contribution in [1.29, 1.82) is 0 Å². The van der Waals surface area contributed by atoms with E-state index in [1.807, 2.05) is 6.07 Å². The van der Waals surface area contributed by atoms with Crippen LogP contribution >= 0.6 is 0 Å². The summed E-state index contributed by atoms with van der Waals surface area (Å²) in [4.78, 5) is 3.46. The van der Waals surface area contributed by atoms with E-state index in [9.17, 15) is 12.8 Å². The Morgan fingerprint density at radius 2 is 1.94 bits per heavy atom. The molecule has 0 aliphatic heterocycles. The number of aromatic amines is 1. The normalized spacial score (nSPS) is 16.2.